The Morgan fingerprint density at radius 2 is 1.55 bits per heavy atom. The van der Waals surface area contributed by atoms with Crippen LogP contribution >= 0.6 is 0 Å². The van der Waals surface area contributed by atoms with E-state index >= 15 is 0 Å². The van der Waals surface area contributed by atoms with Gasteiger partial charge in [0, 0.05) is 30.7 Å². The smallest absolute Gasteiger partial charge is 0.336 e. The van der Waals surface area contributed by atoms with E-state index in [9.17, 15) is 14.4 Å². The predicted molar refractivity (Wildman–Crippen MR) is 165 cm³/mol. The number of ketones is 1. The number of carbonyl (C=O) groups is 3. The Morgan fingerprint density at radius 3 is 2.23 bits per heavy atom. The number of Topliss-reactive ketones (excluding diaryl/α,β-unsaturated/α-hetero) is 1. The molecule has 2 aromatic carbocycles. The Kier molecular flexibility index (Phi) is 9.71. The first-order valence-electron chi connectivity index (χ1n) is 15.4. The molecule has 0 spiro atoms. The predicted octanol–water partition coefficient (Wildman–Crippen LogP) is 6.48. The average Bonchev–Trinajstić information content (AvgIpc) is 3.01. The highest BCUT2D eigenvalue weighted by molar-refractivity contribution is 6.12. The minimum Gasteiger partial charge on any atom is -0.493 e. The number of aliphatic imine (C=N–C) groups is 1. The maximum Gasteiger partial charge on any atom is 0.336 e. The highest BCUT2D eigenvalue weighted by atomic mass is 16.6. The molecule has 0 aromatic heterocycles. The number of esters is 2. The van der Waals surface area contributed by atoms with Crippen molar-refractivity contribution in [2.45, 2.75) is 83.7 Å². The maximum atomic E-state index is 14.1. The number of carbonyl (C=O) groups excluding carboxylic acids is 3. The number of benzene rings is 2. The number of hydrogen-bond acceptors (Lipinski definition) is 9. The molecule has 1 unspecified atom stereocenters. The third-order valence-electron chi connectivity index (χ3n) is 8.76. The molecule has 2 saturated carbocycles. The number of rotatable bonds is 9. The highest BCUT2D eigenvalue weighted by Gasteiger charge is 2.46. The lowest BCUT2D eigenvalue weighted by atomic mass is 9.66. The van der Waals surface area contributed by atoms with Gasteiger partial charge in [-0.1, -0.05) is 18.6 Å². The molecule has 1 aliphatic heterocycles. The maximum absolute atomic E-state index is 14.1. The van der Waals surface area contributed by atoms with Gasteiger partial charge in [0.15, 0.2) is 23.0 Å². The van der Waals surface area contributed by atoms with Crippen molar-refractivity contribution in [1.29, 1.82) is 0 Å². The van der Waals surface area contributed by atoms with Crippen LogP contribution in [0.2, 0.25) is 0 Å². The van der Waals surface area contributed by atoms with Crippen LogP contribution < -0.4 is 18.9 Å². The number of fused-ring (bicyclic) bond motifs is 1. The van der Waals surface area contributed by atoms with E-state index in [1.54, 1.807) is 32.4 Å². The van der Waals surface area contributed by atoms with Crippen LogP contribution in [0.25, 0.3) is 0 Å². The van der Waals surface area contributed by atoms with Gasteiger partial charge in [0.2, 0.25) is 0 Å². The molecule has 0 radical (unpaired) electrons. The van der Waals surface area contributed by atoms with E-state index in [0.29, 0.717) is 47.1 Å². The lowest BCUT2D eigenvalue weighted by Crippen LogP contribution is -2.41. The molecule has 0 saturated heterocycles. The highest BCUT2D eigenvalue weighted by Crippen LogP contribution is 2.48. The van der Waals surface area contributed by atoms with Crippen LogP contribution in [-0.2, 0) is 19.1 Å². The molecule has 0 bridgehead atoms. The second-order valence-electron chi connectivity index (χ2n) is 11.6. The van der Waals surface area contributed by atoms with Crippen molar-refractivity contribution in [2.24, 2.45) is 10.9 Å². The standard InChI is InChI=1S/C35H41NO8/c1-6-42-31-19-23(13-15-29(31)43-21(3)37)33-32(35(39)44-25-10-8-7-9-11-25)20(2)36-26-16-24(17-27(38)34(26)33)22-12-14-28(40-4)30(18-22)41-5/h12-15,18-19,24-25,33-34H,6-11,16-17H2,1-5H3/t24-,33-,34?/m1/s1. The molecule has 3 atom stereocenters. The van der Waals surface area contributed by atoms with Crippen molar-refractivity contribution < 1.29 is 38.1 Å². The van der Waals surface area contributed by atoms with Gasteiger partial charge in [-0.25, -0.2) is 4.79 Å². The van der Waals surface area contributed by atoms with Gasteiger partial charge in [0.1, 0.15) is 11.9 Å². The zero-order valence-electron chi connectivity index (χ0n) is 26.1. The summed E-state index contributed by atoms with van der Waals surface area (Å²) in [5, 5.41) is 0. The second-order valence-corrected chi connectivity index (χ2v) is 11.6. The van der Waals surface area contributed by atoms with Crippen LogP contribution in [0.5, 0.6) is 23.0 Å². The Morgan fingerprint density at radius 1 is 0.864 bits per heavy atom. The molecule has 234 valence electrons. The van der Waals surface area contributed by atoms with Crippen molar-refractivity contribution in [3.63, 3.8) is 0 Å². The number of methoxy groups -OCH3 is 2. The quantitative estimate of drug-likeness (QED) is 0.237. The van der Waals surface area contributed by atoms with Gasteiger partial charge >= 0.3 is 11.9 Å². The third kappa shape index (κ3) is 6.51. The monoisotopic (exact) mass is 603 g/mol. The fraction of sp³-hybridized carbons (Fsp3) is 0.486. The van der Waals surface area contributed by atoms with Crippen LogP contribution in [0.1, 0.15) is 88.7 Å². The van der Waals surface area contributed by atoms with Gasteiger partial charge in [-0.2, -0.15) is 0 Å². The van der Waals surface area contributed by atoms with E-state index in [1.807, 2.05) is 32.0 Å². The zero-order valence-corrected chi connectivity index (χ0v) is 26.1. The van der Waals surface area contributed by atoms with Crippen molar-refractivity contribution in [1.82, 2.24) is 0 Å². The van der Waals surface area contributed by atoms with E-state index in [2.05, 4.69) is 0 Å². The van der Waals surface area contributed by atoms with E-state index in [4.69, 9.17) is 28.7 Å². The van der Waals surface area contributed by atoms with Gasteiger partial charge < -0.3 is 23.7 Å². The van der Waals surface area contributed by atoms with Crippen molar-refractivity contribution in [3.8, 4) is 23.0 Å². The lowest BCUT2D eigenvalue weighted by molar-refractivity contribution is -0.146. The van der Waals surface area contributed by atoms with E-state index in [0.717, 1.165) is 43.4 Å². The normalized spacial score (nSPS) is 22.1. The molecule has 44 heavy (non-hydrogen) atoms. The molecule has 1 heterocycles. The summed E-state index contributed by atoms with van der Waals surface area (Å²) in [4.78, 5) is 44.7. The first kappa shape index (κ1) is 31.3. The van der Waals surface area contributed by atoms with E-state index in [-0.39, 0.29) is 30.0 Å². The Balaban J connectivity index is 1.56. The van der Waals surface area contributed by atoms with Gasteiger partial charge in [0.25, 0.3) is 0 Å². The van der Waals surface area contributed by atoms with Crippen LogP contribution in [0, 0.1) is 5.92 Å². The number of nitrogens with zero attached hydrogens (tertiary/aromatic N) is 1. The number of ether oxygens (including phenoxy) is 5. The first-order chi connectivity index (χ1) is 21.2. The SMILES string of the molecule is CCOc1cc([C@@H]2C(C(=O)OC3CCCCC3)=C(C)N=C3C[C@@H](c4ccc(OC)c(OC)c4)CC(=O)C32)ccc1OC(C)=O. The molecule has 2 aromatic rings. The van der Waals surface area contributed by atoms with Gasteiger partial charge in [0.05, 0.1) is 32.3 Å². The van der Waals surface area contributed by atoms with Crippen molar-refractivity contribution >= 4 is 23.4 Å². The minimum absolute atomic E-state index is 0.00252. The largest absolute Gasteiger partial charge is 0.493 e. The summed E-state index contributed by atoms with van der Waals surface area (Å²) < 4.78 is 28.2. The summed E-state index contributed by atoms with van der Waals surface area (Å²) in [5.74, 6) is -0.403. The van der Waals surface area contributed by atoms with Gasteiger partial charge in [-0.05, 0) is 87.3 Å². The summed E-state index contributed by atoms with van der Waals surface area (Å²) in [6.07, 6.45) is 5.53. The molecule has 2 aliphatic carbocycles. The molecule has 9 nitrogen and oxygen atoms in total. The van der Waals surface area contributed by atoms with Crippen LogP contribution in [0.3, 0.4) is 0 Å². The molecular weight excluding hydrogens is 562 g/mol. The third-order valence-corrected chi connectivity index (χ3v) is 8.76. The number of hydrogen-bond donors (Lipinski definition) is 0. The molecule has 0 N–H and O–H groups in total. The Bertz CT molecular complexity index is 1490. The second kappa shape index (κ2) is 13.7. The Hall–Kier alpha value is -4.14. The summed E-state index contributed by atoms with van der Waals surface area (Å²) in [5.41, 5.74) is 3.34. The Labute approximate surface area is 258 Å². The molecular formula is C35H41NO8. The molecule has 2 fully saturated rings. The molecule has 0 amide bonds. The van der Waals surface area contributed by atoms with Gasteiger partial charge in [-0.3, -0.25) is 14.6 Å². The molecule has 9 heteroatoms. The lowest BCUT2D eigenvalue weighted by Gasteiger charge is -2.38. The fourth-order valence-corrected chi connectivity index (χ4v) is 6.77. The topological polar surface area (TPSA) is 110 Å². The fourth-order valence-electron chi connectivity index (χ4n) is 6.77. The number of allylic oxidation sites excluding steroid dienone is 1. The molecule has 3 aliphatic rings. The summed E-state index contributed by atoms with van der Waals surface area (Å²) >= 11 is 0. The van der Waals surface area contributed by atoms with Crippen LogP contribution in [0.4, 0.5) is 0 Å². The van der Waals surface area contributed by atoms with Crippen molar-refractivity contribution in [3.05, 3.63) is 58.8 Å². The van der Waals surface area contributed by atoms with E-state index < -0.39 is 23.8 Å². The zero-order chi connectivity index (χ0) is 31.4. The van der Waals surface area contributed by atoms with Crippen LogP contribution in [0.15, 0.2) is 52.7 Å². The van der Waals surface area contributed by atoms with E-state index in [1.165, 1.54) is 6.92 Å². The van der Waals surface area contributed by atoms with Crippen LogP contribution in [-0.4, -0.2) is 50.4 Å². The first-order valence-corrected chi connectivity index (χ1v) is 15.4. The minimum atomic E-state index is -0.641. The molecule has 5 rings (SSSR count). The summed E-state index contributed by atoms with van der Waals surface area (Å²) in [7, 11) is 3.18. The summed E-state index contributed by atoms with van der Waals surface area (Å²) in [6.45, 7) is 5.32. The summed E-state index contributed by atoms with van der Waals surface area (Å²) in [6, 6.07) is 10.9. The van der Waals surface area contributed by atoms with Crippen molar-refractivity contribution in [2.75, 3.05) is 20.8 Å². The average molecular weight is 604 g/mol. The van der Waals surface area contributed by atoms with Gasteiger partial charge in [-0.15, -0.1) is 0 Å².